The largest absolute Gasteiger partial charge is 0.377 e. The lowest BCUT2D eigenvalue weighted by molar-refractivity contribution is 0.127. The second-order valence-electron chi connectivity index (χ2n) is 5.02. The maximum atomic E-state index is 11.9. The summed E-state index contributed by atoms with van der Waals surface area (Å²) in [6.07, 6.45) is 2.54. The van der Waals surface area contributed by atoms with Crippen LogP contribution in [0.25, 0.3) is 0 Å². The highest BCUT2D eigenvalue weighted by Gasteiger charge is 2.25. The van der Waals surface area contributed by atoms with E-state index in [1.165, 1.54) is 0 Å². The van der Waals surface area contributed by atoms with Crippen molar-refractivity contribution in [1.29, 1.82) is 0 Å². The minimum atomic E-state index is -3.23. The van der Waals surface area contributed by atoms with E-state index in [9.17, 15) is 8.42 Å². The highest BCUT2D eigenvalue weighted by Crippen LogP contribution is 2.15. The van der Waals surface area contributed by atoms with Crippen LogP contribution in [0.3, 0.4) is 0 Å². The van der Waals surface area contributed by atoms with Gasteiger partial charge >= 0.3 is 0 Å². The Labute approximate surface area is 113 Å². The van der Waals surface area contributed by atoms with E-state index in [4.69, 9.17) is 4.74 Å². The van der Waals surface area contributed by atoms with Crippen LogP contribution < -0.4 is 4.72 Å². The zero-order valence-corrected chi connectivity index (χ0v) is 12.9. The SMILES string of the molecule is CC(C)CC(CBr)NS(=O)(=O)CC1CCCO1. The van der Waals surface area contributed by atoms with E-state index in [1.54, 1.807) is 0 Å². The first-order valence-electron chi connectivity index (χ1n) is 6.10. The van der Waals surface area contributed by atoms with Crippen LogP contribution in [0.15, 0.2) is 0 Å². The zero-order chi connectivity index (χ0) is 12.9. The lowest BCUT2D eigenvalue weighted by Gasteiger charge is -2.19. The van der Waals surface area contributed by atoms with E-state index >= 15 is 0 Å². The van der Waals surface area contributed by atoms with Gasteiger partial charge < -0.3 is 4.74 Å². The van der Waals surface area contributed by atoms with Gasteiger partial charge in [0.2, 0.25) is 10.0 Å². The van der Waals surface area contributed by atoms with E-state index in [0.29, 0.717) is 17.9 Å². The van der Waals surface area contributed by atoms with Gasteiger partial charge in [0.15, 0.2) is 0 Å². The monoisotopic (exact) mass is 327 g/mol. The second kappa shape index (κ2) is 7.07. The zero-order valence-electron chi connectivity index (χ0n) is 10.5. The lowest BCUT2D eigenvalue weighted by Crippen LogP contribution is -2.40. The molecule has 0 spiro atoms. The van der Waals surface area contributed by atoms with Gasteiger partial charge in [0.25, 0.3) is 0 Å². The summed E-state index contributed by atoms with van der Waals surface area (Å²) in [5.41, 5.74) is 0. The summed E-state index contributed by atoms with van der Waals surface area (Å²) in [7, 11) is -3.23. The van der Waals surface area contributed by atoms with Crippen molar-refractivity contribution in [3.8, 4) is 0 Å². The number of hydrogen-bond acceptors (Lipinski definition) is 3. The molecule has 1 aliphatic heterocycles. The van der Waals surface area contributed by atoms with Gasteiger partial charge in [-0.2, -0.15) is 0 Å². The highest BCUT2D eigenvalue weighted by molar-refractivity contribution is 9.09. The Balaban J connectivity index is 2.45. The van der Waals surface area contributed by atoms with Gasteiger partial charge in [-0.1, -0.05) is 29.8 Å². The van der Waals surface area contributed by atoms with Crippen molar-refractivity contribution < 1.29 is 13.2 Å². The van der Waals surface area contributed by atoms with Crippen LogP contribution in [0.4, 0.5) is 0 Å². The molecule has 2 unspecified atom stereocenters. The molecular formula is C11H22BrNO3S. The highest BCUT2D eigenvalue weighted by atomic mass is 79.9. The first kappa shape index (κ1) is 15.4. The average molecular weight is 328 g/mol. The third-order valence-electron chi connectivity index (χ3n) is 2.72. The molecule has 0 aromatic rings. The van der Waals surface area contributed by atoms with Crippen LogP contribution in [0.2, 0.25) is 0 Å². The summed E-state index contributed by atoms with van der Waals surface area (Å²) >= 11 is 3.35. The molecule has 1 fully saturated rings. The number of halogens is 1. The molecule has 6 heteroatoms. The van der Waals surface area contributed by atoms with Gasteiger partial charge in [-0.3, -0.25) is 0 Å². The van der Waals surface area contributed by atoms with Crippen LogP contribution in [0.1, 0.15) is 33.1 Å². The van der Waals surface area contributed by atoms with Crippen molar-refractivity contribution in [3.05, 3.63) is 0 Å². The quantitative estimate of drug-likeness (QED) is 0.726. The first-order valence-corrected chi connectivity index (χ1v) is 8.88. The minimum Gasteiger partial charge on any atom is -0.377 e. The van der Waals surface area contributed by atoms with Crippen LogP contribution in [0.5, 0.6) is 0 Å². The maximum absolute atomic E-state index is 11.9. The summed E-state index contributed by atoms with van der Waals surface area (Å²) < 4.78 is 32.0. The molecule has 4 nitrogen and oxygen atoms in total. The number of alkyl halides is 1. The predicted octanol–water partition coefficient (Wildman–Crippen LogP) is 1.89. The number of ether oxygens (including phenoxy) is 1. The average Bonchev–Trinajstić information content (AvgIpc) is 2.67. The Morgan fingerprint density at radius 2 is 2.18 bits per heavy atom. The van der Waals surface area contributed by atoms with Crippen molar-refractivity contribution >= 4 is 26.0 Å². The molecule has 102 valence electrons. The van der Waals surface area contributed by atoms with E-state index in [1.807, 2.05) is 0 Å². The Morgan fingerprint density at radius 1 is 1.47 bits per heavy atom. The molecule has 0 amide bonds. The molecular weight excluding hydrogens is 306 g/mol. The molecule has 1 aliphatic rings. The van der Waals surface area contributed by atoms with E-state index < -0.39 is 10.0 Å². The Bertz CT molecular complexity index is 313. The van der Waals surface area contributed by atoms with Crippen LogP contribution in [-0.2, 0) is 14.8 Å². The number of rotatable bonds is 7. The second-order valence-corrected chi connectivity index (χ2v) is 7.46. The third-order valence-corrected chi connectivity index (χ3v) is 5.00. The molecule has 0 saturated carbocycles. The molecule has 0 aliphatic carbocycles. The van der Waals surface area contributed by atoms with Gasteiger partial charge in [0.1, 0.15) is 0 Å². The maximum Gasteiger partial charge on any atom is 0.214 e. The van der Waals surface area contributed by atoms with Gasteiger partial charge in [-0.05, 0) is 25.2 Å². The summed E-state index contributed by atoms with van der Waals surface area (Å²) in [4.78, 5) is 0. The fourth-order valence-corrected chi connectivity index (χ4v) is 4.21. The molecule has 1 rings (SSSR count). The normalized spacial score (nSPS) is 23.2. The smallest absolute Gasteiger partial charge is 0.214 e. The molecule has 1 saturated heterocycles. The van der Waals surface area contributed by atoms with Crippen molar-refractivity contribution in [2.45, 2.75) is 45.3 Å². The van der Waals surface area contributed by atoms with Crippen molar-refractivity contribution in [3.63, 3.8) is 0 Å². The Kier molecular flexibility index (Phi) is 6.40. The molecule has 0 radical (unpaired) electrons. The fourth-order valence-electron chi connectivity index (χ4n) is 2.03. The summed E-state index contributed by atoms with van der Waals surface area (Å²) in [5.74, 6) is 0.567. The Hall–Kier alpha value is 0.350. The summed E-state index contributed by atoms with van der Waals surface area (Å²) in [6.45, 7) is 4.86. The number of hydrogen-bond donors (Lipinski definition) is 1. The van der Waals surface area contributed by atoms with E-state index in [0.717, 1.165) is 19.3 Å². The van der Waals surface area contributed by atoms with Crippen LogP contribution >= 0.6 is 15.9 Å². The number of sulfonamides is 1. The third kappa shape index (κ3) is 6.18. The molecule has 17 heavy (non-hydrogen) atoms. The van der Waals surface area contributed by atoms with Crippen LogP contribution in [0, 0.1) is 5.92 Å². The topological polar surface area (TPSA) is 55.4 Å². The number of nitrogens with one attached hydrogen (secondary N) is 1. The summed E-state index contributed by atoms with van der Waals surface area (Å²) in [6, 6.07) is -0.0265. The van der Waals surface area contributed by atoms with E-state index in [2.05, 4.69) is 34.5 Å². The molecule has 0 aromatic heterocycles. The van der Waals surface area contributed by atoms with Crippen molar-refractivity contribution in [1.82, 2.24) is 4.72 Å². The molecule has 0 aromatic carbocycles. The van der Waals surface area contributed by atoms with Crippen molar-refractivity contribution in [2.75, 3.05) is 17.7 Å². The van der Waals surface area contributed by atoms with Gasteiger partial charge in [0.05, 0.1) is 11.9 Å². The molecule has 1 N–H and O–H groups in total. The minimum absolute atomic E-state index is 0.0265. The van der Waals surface area contributed by atoms with Gasteiger partial charge in [-0.25, -0.2) is 13.1 Å². The standard InChI is InChI=1S/C11H22BrNO3S/c1-9(2)6-10(7-12)13-17(14,15)8-11-4-3-5-16-11/h9-11,13H,3-8H2,1-2H3. The summed E-state index contributed by atoms with van der Waals surface area (Å²) in [5, 5.41) is 0.649. The van der Waals surface area contributed by atoms with E-state index in [-0.39, 0.29) is 17.9 Å². The van der Waals surface area contributed by atoms with Crippen LogP contribution in [-0.4, -0.2) is 38.3 Å². The van der Waals surface area contributed by atoms with Crippen molar-refractivity contribution in [2.24, 2.45) is 5.92 Å². The molecule has 0 bridgehead atoms. The lowest BCUT2D eigenvalue weighted by atomic mass is 10.1. The fraction of sp³-hybridized carbons (Fsp3) is 1.00. The van der Waals surface area contributed by atoms with Gasteiger partial charge in [0, 0.05) is 18.0 Å². The molecule has 2 atom stereocenters. The predicted molar refractivity (Wildman–Crippen MR) is 72.9 cm³/mol. The Morgan fingerprint density at radius 3 is 2.65 bits per heavy atom. The van der Waals surface area contributed by atoms with Gasteiger partial charge in [-0.15, -0.1) is 0 Å². The first-order chi connectivity index (χ1) is 7.93. The molecule has 1 heterocycles.